The van der Waals surface area contributed by atoms with Gasteiger partial charge in [0, 0.05) is 37.6 Å². The van der Waals surface area contributed by atoms with E-state index in [1.807, 2.05) is 17.3 Å². The number of carbonyl (C=O) groups is 1. The molecule has 2 atom stereocenters. The Bertz CT molecular complexity index is 807. The number of likely N-dealkylation sites (tertiary alicyclic amines) is 1. The molecule has 6 nitrogen and oxygen atoms in total. The minimum atomic E-state index is 0.0680. The van der Waals surface area contributed by atoms with Gasteiger partial charge in [-0.3, -0.25) is 9.69 Å². The molecule has 0 aromatic carbocycles. The lowest BCUT2D eigenvalue weighted by atomic mass is 9.86. The summed E-state index contributed by atoms with van der Waals surface area (Å²) in [7, 11) is 0. The fourth-order valence-electron chi connectivity index (χ4n) is 4.20. The summed E-state index contributed by atoms with van der Waals surface area (Å²) >= 11 is 0. The van der Waals surface area contributed by atoms with Crippen molar-refractivity contribution in [2.24, 2.45) is 11.8 Å². The third-order valence-electron chi connectivity index (χ3n) is 5.85. The number of allylic oxidation sites excluding steroid dienone is 2. The summed E-state index contributed by atoms with van der Waals surface area (Å²) in [4.78, 5) is 21.9. The summed E-state index contributed by atoms with van der Waals surface area (Å²) in [6, 6.07) is 0. The first-order chi connectivity index (χ1) is 12.7. The van der Waals surface area contributed by atoms with Crippen LogP contribution in [-0.4, -0.2) is 56.5 Å². The van der Waals surface area contributed by atoms with E-state index in [0.29, 0.717) is 23.0 Å². The van der Waals surface area contributed by atoms with E-state index in [1.54, 1.807) is 10.7 Å². The highest BCUT2D eigenvalue weighted by atomic mass is 16.2. The maximum absolute atomic E-state index is 13.0. The fourth-order valence-corrected chi connectivity index (χ4v) is 4.20. The number of rotatable bonds is 5. The van der Waals surface area contributed by atoms with Crippen LogP contribution in [-0.2, 0) is 6.54 Å². The zero-order valence-electron chi connectivity index (χ0n) is 15.6. The molecule has 2 aliphatic rings. The Kier molecular flexibility index (Phi) is 4.76. The molecule has 2 aromatic rings. The van der Waals surface area contributed by atoms with E-state index in [0.717, 1.165) is 51.1 Å². The van der Waals surface area contributed by atoms with Crippen LogP contribution in [0.4, 0.5) is 0 Å². The number of hydrogen-bond donors (Lipinski definition) is 0. The predicted octanol–water partition coefficient (Wildman–Crippen LogP) is 2.61. The maximum atomic E-state index is 13.0. The average Bonchev–Trinajstić information content (AvgIpc) is 3.29. The van der Waals surface area contributed by atoms with Gasteiger partial charge in [0.1, 0.15) is 5.56 Å². The molecular weight excluding hydrogens is 326 g/mol. The Morgan fingerprint density at radius 2 is 1.85 bits per heavy atom. The topological polar surface area (TPSA) is 53.7 Å². The number of hydrogen-bond acceptors (Lipinski definition) is 4. The van der Waals surface area contributed by atoms with Gasteiger partial charge in [0.2, 0.25) is 0 Å². The molecule has 0 bridgehead atoms. The number of fused-ring (bicyclic) bond motifs is 2. The lowest BCUT2D eigenvalue weighted by Crippen LogP contribution is -2.29. The summed E-state index contributed by atoms with van der Waals surface area (Å²) in [5.74, 6) is 1.29. The Balaban J connectivity index is 1.53. The van der Waals surface area contributed by atoms with Crippen LogP contribution in [0, 0.1) is 11.8 Å². The highest BCUT2D eigenvalue weighted by Gasteiger charge is 2.36. The van der Waals surface area contributed by atoms with Crippen molar-refractivity contribution in [1.29, 1.82) is 0 Å². The van der Waals surface area contributed by atoms with Crippen LogP contribution in [0.1, 0.15) is 42.6 Å². The van der Waals surface area contributed by atoms with Gasteiger partial charge in [0.15, 0.2) is 5.65 Å². The molecule has 1 aliphatic carbocycles. The largest absolute Gasteiger partial charge is 0.338 e. The van der Waals surface area contributed by atoms with E-state index in [2.05, 4.69) is 41.0 Å². The zero-order valence-corrected chi connectivity index (χ0v) is 15.6. The zero-order chi connectivity index (χ0) is 18.1. The van der Waals surface area contributed by atoms with E-state index < -0.39 is 0 Å². The molecule has 0 N–H and O–H groups in total. The van der Waals surface area contributed by atoms with E-state index in [1.165, 1.54) is 0 Å². The second-order valence-corrected chi connectivity index (χ2v) is 7.42. The molecule has 3 heterocycles. The summed E-state index contributed by atoms with van der Waals surface area (Å²) in [6.07, 6.45) is 12.2. The minimum absolute atomic E-state index is 0.0680. The second kappa shape index (κ2) is 7.19. The Labute approximate surface area is 154 Å². The number of nitrogens with zero attached hydrogens (tertiary/aromatic N) is 5. The van der Waals surface area contributed by atoms with Crippen molar-refractivity contribution in [3.05, 3.63) is 41.9 Å². The number of carbonyl (C=O) groups excluding carboxylic acids is 1. The molecule has 26 heavy (non-hydrogen) atoms. The summed E-state index contributed by atoms with van der Waals surface area (Å²) in [6.45, 7) is 8.87. The van der Waals surface area contributed by atoms with Crippen LogP contribution in [0.15, 0.2) is 30.7 Å². The summed E-state index contributed by atoms with van der Waals surface area (Å²) < 4.78 is 1.75. The van der Waals surface area contributed by atoms with Crippen LogP contribution < -0.4 is 0 Å². The van der Waals surface area contributed by atoms with Gasteiger partial charge in [-0.2, -0.15) is 5.10 Å². The lowest BCUT2D eigenvalue weighted by molar-refractivity contribution is 0.0786. The molecule has 4 rings (SSSR count). The summed E-state index contributed by atoms with van der Waals surface area (Å²) in [5.41, 5.74) is 2.39. The molecule has 0 spiro atoms. The van der Waals surface area contributed by atoms with Gasteiger partial charge in [0.25, 0.3) is 5.91 Å². The summed E-state index contributed by atoms with van der Waals surface area (Å²) in [5, 5.41) is 4.40. The van der Waals surface area contributed by atoms with E-state index in [4.69, 9.17) is 0 Å². The maximum Gasteiger partial charge on any atom is 0.259 e. The first-order valence-electron chi connectivity index (χ1n) is 9.68. The van der Waals surface area contributed by atoms with Crippen molar-refractivity contribution in [1.82, 2.24) is 24.4 Å². The van der Waals surface area contributed by atoms with Crippen molar-refractivity contribution in [3.8, 4) is 0 Å². The SMILES string of the molecule is CCN(CC)Cc1cnc2c(C(=O)N3C[C@H]4CC=CC[C@H]4C3)cnn2c1. The Hall–Kier alpha value is -2.21. The molecule has 0 radical (unpaired) electrons. The first-order valence-corrected chi connectivity index (χ1v) is 9.68. The van der Waals surface area contributed by atoms with Crippen molar-refractivity contribution in [2.75, 3.05) is 26.2 Å². The number of aromatic nitrogens is 3. The molecule has 1 fully saturated rings. The smallest absolute Gasteiger partial charge is 0.259 e. The molecule has 1 saturated heterocycles. The predicted molar refractivity (Wildman–Crippen MR) is 101 cm³/mol. The van der Waals surface area contributed by atoms with Gasteiger partial charge in [-0.25, -0.2) is 9.50 Å². The number of amides is 1. The van der Waals surface area contributed by atoms with Crippen LogP contribution >= 0.6 is 0 Å². The van der Waals surface area contributed by atoms with Crippen LogP contribution in [0.25, 0.3) is 5.65 Å². The molecule has 1 amide bonds. The standard InChI is InChI=1S/C20H27N5O/c1-3-23(4-2)11-15-9-21-19-18(10-22-25(19)12-15)20(26)24-13-16-7-5-6-8-17(16)14-24/h5-6,9-10,12,16-17H,3-4,7-8,11,13-14H2,1-2H3/t16-,17+. The van der Waals surface area contributed by atoms with Crippen molar-refractivity contribution >= 4 is 11.6 Å². The molecule has 138 valence electrons. The third kappa shape index (κ3) is 3.14. The Morgan fingerprint density at radius 1 is 1.15 bits per heavy atom. The molecular formula is C20H27N5O. The Morgan fingerprint density at radius 3 is 2.50 bits per heavy atom. The highest BCUT2D eigenvalue weighted by molar-refractivity contribution is 5.99. The monoisotopic (exact) mass is 353 g/mol. The second-order valence-electron chi connectivity index (χ2n) is 7.42. The van der Waals surface area contributed by atoms with Crippen molar-refractivity contribution in [2.45, 2.75) is 33.2 Å². The van der Waals surface area contributed by atoms with E-state index >= 15 is 0 Å². The quantitative estimate of drug-likeness (QED) is 0.776. The van der Waals surface area contributed by atoms with Gasteiger partial charge in [-0.05, 0) is 37.8 Å². The molecule has 6 heteroatoms. The average molecular weight is 353 g/mol. The lowest BCUT2D eigenvalue weighted by Gasteiger charge is -2.17. The molecule has 2 aromatic heterocycles. The first kappa shape index (κ1) is 17.2. The van der Waals surface area contributed by atoms with Crippen LogP contribution in [0.3, 0.4) is 0 Å². The van der Waals surface area contributed by atoms with Gasteiger partial charge in [-0.1, -0.05) is 26.0 Å². The van der Waals surface area contributed by atoms with Gasteiger partial charge < -0.3 is 4.90 Å². The third-order valence-corrected chi connectivity index (χ3v) is 5.85. The van der Waals surface area contributed by atoms with Gasteiger partial charge >= 0.3 is 0 Å². The molecule has 0 saturated carbocycles. The molecule has 0 unspecified atom stereocenters. The van der Waals surface area contributed by atoms with E-state index in [-0.39, 0.29) is 5.91 Å². The minimum Gasteiger partial charge on any atom is -0.338 e. The van der Waals surface area contributed by atoms with Crippen LogP contribution in [0.5, 0.6) is 0 Å². The van der Waals surface area contributed by atoms with Gasteiger partial charge in [0.05, 0.1) is 6.20 Å². The van der Waals surface area contributed by atoms with Crippen molar-refractivity contribution in [3.63, 3.8) is 0 Å². The van der Waals surface area contributed by atoms with Gasteiger partial charge in [-0.15, -0.1) is 0 Å². The van der Waals surface area contributed by atoms with Crippen LogP contribution in [0.2, 0.25) is 0 Å². The highest BCUT2D eigenvalue weighted by Crippen LogP contribution is 2.33. The van der Waals surface area contributed by atoms with Crippen molar-refractivity contribution < 1.29 is 4.79 Å². The molecule has 1 aliphatic heterocycles. The van der Waals surface area contributed by atoms with E-state index in [9.17, 15) is 4.79 Å². The normalized spacial score (nSPS) is 22.3. The fraction of sp³-hybridized carbons (Fsp3) is 0.550.